The molecule has 1 atom stereocenters. The summed E-state index contributed by atoms with van der Waals surface area (Å²) in [6, 6.07) is 4.42. The molecule has 0 saturated heterocycles. The molecule has 0 aliphatic heterocycles. The van der Waals surface area contributed by atoms with E-state index in [1.807, 2.05) is 0 Å². The summed E-state index contributed by atoms with van der Waals surface area (Å²) in [5.74, 6) is 0. The summed E-state index contributed by atoms with van der Waals surface area (Å²) in [5, 5.41) is 5.64. The van der Waals surface area contributed by atoms with E-state index in [0.29, 0.717) is 15.6 Å². The van der Waals surface area contributed by atoms with E-state index in [9.17, 15) is 8.42 Å². The Balaban J connectivity index is 2.92. The van der Waals surface area contributed by atoms with Crippen LogP contribution in [0.1, 0.15) is 18.5 Å². The quantitative estimate of drug-likeness (QED) is 0.878. The minimum atomic E-state index is -3.72. The van der Waals surface area contributed by atoms with Gasteiger partial charge in [0.2, 0.25) is 0 Å². The van der Waals surface area contributed by atoms with Crippen molar-refractivity contribution in [1.29, 1.82) is 0 Å². The van der Waals surface area contributed by atoms with E-state index in [2.05, 4.69) is 4.72 Å². The lowest BCUT2D eigenvalue weighted by molar-refractivity contribution is 0.568. The maximum Gasteiger partial charge on any atom is 0.274 e. The van der Waals surface area contributed by atoms with Gasteiger partial charge in [-0.3, -0.25) is 0 Å². The number of hydrogen-bond acceptors (Lipinski definition) is 2. The van der Waals surface area contributed by atoms with Crippen molar-refractivity contribution in [3.05, 3.63) is 33.8 Å². The lowest BCUT2D eigenvalue weighted by Gasteiger charge is -2.12. The van der Waals surface area contributed by atoms with E-state index in [0.717, 1.165) is 0 Å². The lowest BCUT2D eigenvalue weighted by atomic mass is 10.1. The number of benzene rings is 1. The molecule has 3 N–H and O–H groups in total. The van der Waals surface area contributed by atoms with Crippen LogP contribution < -0.4 is 9.86 Å². The topological polar surface area (TPSA) is 72.2 Å². The van der Waals surface area contributed by atoms with Crippen LogP contribution in [0.15, 0.2) is 18.2 Å². The van der Waals surface area contributed by atoms with Gasteiger partial charge in [-0.05, 0) is 24.6 Å². The van der Waals surface area contributed by atoms with Gasteiger partial charge in [0.05, 0.1) is 10.0 Å². The number of nitrogens with one attached hydrogen (secondary N) is 1. The van der Waals surface area contributed by atoms with Gasteiger partial charge in [0, 0.05) is 6.04 Å². The summed E-state index contributed by atoms with van der Waals surface area (Å²) < 4.78 is 23.8. The van der Waals surface area contributed by atoms with Gasteiger partial charge in [0.25, 0.3) is 10.2 Å². The predicted octanol–water partition coefficient (Wildman–Crippen LogP) is 1.85. The minimum Gasteiger partial charge on any atom is -0.216 e. The molecule has 1 unspecified atom stereocenters. The molecule has 7 heteroatoms. The third kappa shape index (κ3) is 3.96. The standard InChI is InChI=1S/C8H10Cl2N2O2S/c1-5(12-15(11,13)14)6-2-3-7(9)8(10)4-6/h2-5,12H,1H3,(H2,11,13,14). The maximum absolute atomic E-state index is 10.8. The second kappa shape index (κ2) is 4.67. The van der Waals surface area contributed by atoms with E-state index in [1.165, 1.54) is 0 Å². The van der Waals surface area contributed by atoms with Crippen molar-refractivity contribution in [3.63, 3.8) is 0 Å². The lowest BCUT2D eigenvalue weighted by Crippen LogP contribution is -2.32. The Kier molecular flexibility index (Phi) is 3.97. The van der Waals surface area contributed by atoms with Crippen molar-refractivity contribution >= 4 is 33.4 Å². The molecule has 1 rings (SSSR count). The van der Waals surface area contributed by atoms with E-state index < -0.39 is 16.3 Å². The molecular formula is C8H10Cl2N2O2S. The summed E-state index contributed by atoms with van der Waals surface area (Å²) in [5.41, 5.74) is 0.693. The Bertz CT molecular complexity index is 462. The van der Waals surface area contributed by atoms with Crippen LogP contribution in [0.25, 0.3) is 0 Å². The van der Waals surface area contributed by atoms with Crippen LogP contribution in [0, 0.1) is 0 Å². The Morgan fingerprint density at radius 1 is 1.33 bits per heavy atom. The first-order valence-corrected chi connectivity index (χ1v) is 6.35. The Hall–Kier alpha value is -0.330. The van der Waals surface area contributed by atoms with Crippen molar-refractivity contribution < 1.29 is 8.42 Å². The fourth-order valence-electron chi connectivity index (χ4n) is 1.10. The number of halogens is 2. The van der Waals surface area contributed by atoms with Crippen LogP contribution in [0.5, 0.6) is 0 Å². The summed E-state index contributed by atoms with van der Waals surface area (Å²) in [4.78, 5) is 0. The molecule has 0 radical (unpaired) electrons. The van der Waals surface area contributed by atoms with E-state index in [-0.39, 0.29) is 0 Å². The molecule has 0 heterocycles. The molecule has 0 saturated carbocycles. The molecule has 15 heavy (non-hydrogen) atoms. The zero-order valence-electron chi connectivity index (χ0n) is 7.87. The first kappa shape index (κ1) is 12.7. The molecule has 1 aromatic carbocycles. The maximum atomic E-state index is 10.8. The van der Waals surface area contributed by atoms with E-state index in [1.54, 1.807) is 25.1 Å². The van der Waals surface area contributed by atoms with Gasteiger partial charge in [-0.25, -0.2) is 5.14 Å². The smallest absolute Gasteiger partial charge is 0.216 e. The van der Waals surface area contributed by atoms with Crippen LogP contribution in [-0.2, 0) is 10.2 Å². The van der Waals surface area contributed by atoms with Crippen LogP contribution in [0.2, 0.25) is 10.0 Å². The van der Waals surface area contributed by atoms with Crippen LogP contribution in [0.4, 0.5) is 0 Å². The zero-order valence-corrected chi connectivity index (χ0v) is 10.2. The molecule has 4 nitrogen and oxygen atoms in total. The predicted molar refractivity (Wildman–Crippen MR) is 61.1 cm³/mol. The second-order valence-corrected chi connectivity index (χ2v) is 5.20. The van der Waals surface area contributed by atoms with Gasteiger partial charge in [-0.15, -0.1) is 0 Å². The van der Waals surface area contributed by atoms with Crippen molar-refractivity contribution in [1.82, 2.24) is 4.72 Å². The van der Waals surface area contributed by atoms with Gasteiger partial charge in [0.1, 0.15) is 0 Å². The normalized spacial score (nSPS) is 13.9. The average molecular weight is 269 g/mol. The fourth-order valence-corrected chi connectivity index (χ4v) is 2.03. The molecule has 0 aliphatic rings. The van der Waals surface area contributed by atoms with E-state index in [4.69, 9.17) is 28.3 Å². The minimum absolute atomic E-state index is 0.372. The summed E-state index contributed by atoms with van der Waals surface area (Å²) in [7, 11) is -3.72. The fraction of sp³-hybridized carbons (Fsp3) is 0.250. The summed E-state index contributed by atoms with van der Waals surface area (Å²) >= 11 is 11.5. The Morgan fingerprint density at radius 2 is 1.93 bits per heavy atom. The van der Waals surface area contributed by atoms with E-state index >= 15 is 0 Å². The third-order valence-corrected chi connectivity index (χ3v) is 3.21. The first-order valence-electron chi connectivity index (χ1n) is 4.04. The highest BCUT2D eigenvalue weighted by Gasteiger charge is 2.12. The Labute approximate surface area is 98.6 Å². The van der Waals surface area contributed by atoms with Crippen LogP contribution in [0.3, 0.4) is 0 Å². The van der Waals surface area contributed by atoms with Gasteiger partial charge in [-0.2, -0.15) is 13.1 Å². The van der Waals surface area contributed by atoms with Gasteiger partial charge in [-0.1, -0.05) is 29.3 Å². The largest absolute Gasteiger partial charge is 0.274 e. The first-order chi connectivity index (χ1) is 6.79. The third-order valence-electron chi connectivity index (χ3n) is 1.78. The molecular weight excluding hydrogens is 259 g/mol. The highest BCUT2D eigenvalue weighted by Crippen LogP contribution is 2.25. The zero-order chi connectivity index (χ0) is 11.6. The van der Waals surface area contributed by atoms with Crippen molar-refractivity contribution in [3.8, 4) is 0 Å². The monoisotopic (exact) mass is 268 g/mol. The summed E-state index contributed by atoms with van der Waals surface area (Å²) in [6.07, 6.45) is 0. The van der Waals surface area contributed by atoms with Crippen LogP contribution >= 0.6 is 23.2 Å². The molecule has 0 fully saturated rings. The van der Waals surface area contributed by atoms with Gasteiger partial charge < -0.3 is 0 Å². The molecule has 0 aliphatic carbocycles. The highest BCUT2D eigenvalue weighted by atomic mass is 35.5. The average Bonchev–Trinajstić information content (AvgIpc) is 2.06. The summed E-state index contributed by atoms with van der Waals surface area (Å²) in [6.45, 7) is 1.66. The number of nitrogens with two attached hydrogens (primary N) is 1. The molecule has 0 spiro atoms. The molecule has 1 aromatic rings. The number of rotatable bonds is 3. The van der Waals surface area contributed by atoms with Gasteiger partial charge in [0.15, 0.2) is 0 Å². The second-order valence-electron chi connectivity index (χ2n) is 3.06. The molecule has 0 bridgehead atoms. The number of hydrogen-bond donors (Lipinski definition) is 2. The molecule has 84 valence electrons. The van der Waals surface area contributed by atoms with Gasteiger partial charge >= 0.3 is 0 Å². The van der Waals surface area contributed by atoms with Crippen molar-refractivity contribution in [2.75, 3.05) is 0 Å². The van der Waals surface area contributed by atoms with Crippen LogP contribution in [-0.4, -0.2) is 8.42 Å². The van der Waals surface area contributed by atoms with Crippen molar-refractivity contribution in [2.45, 2.75) is 13.0 Å². The Morgan fingerprint density at radius 3 is 2.40 bits per heavy atom. The van der Waals surface area contributed by atoms with Crippen molar-refractivity contribution in [2.24, 2.45) is 5.14 Å². The SMILES string of the molecule is CC(NS(N)(=O)=O)c1ccc(Cl)c(Cl)c1. The molecule has 0 aromatic heterocycles. The molecule has 0 amide bonds. The highest BCUT2D eigenvalue weighted by molar-refractivity contribution is 7.87.